The molecule has 2 rings (SSSR count). The summed E-state index contributed by atoms with van der Waals surface area (Å²) < 4.78 is 0. The lowest BCUT2D eigenvalue weighted by Crippen LogP contribution is -2.07. The normalized spacial score (nSPS) is 10.9. The fraction of sp³-hybridized carbons (Fsp3) is 0.316. The maximum Gasteiger partial charge on any atom is 0.141 e. The van der Waals surface area contributed by atoms with Crippen LogP contribution in [0.2, 0.25) is 0 Å². The zero-order valence-electron chi connectivity index (χ0n) is 12.7. The monoisotopic (exact) mass is 282 g/mol. The van der Waals surface area contributed by atoms with Crippen molar-refractivity contribution in [3.63, 3.8) is 0 Å². The molecule has 2 heteroatoms. The van der Waals surface area contributed by atoms with E-state index in [4.69, 9.17) is 5.11 Å². The molecule has 0 aliphatic rings. The standard InChI is InChI=1S/C19H22O2/c1-14(2)18-8-6-15(7-9-18)11-19(21)12-16-4-3-5-17(10-16)13-20/h3-10,14,20H,11-13H2,1-2H3. The van der Waals surface area contributed by atoms with Gasteiger partial charge in [-0.1, -0.05) is 62.4 Å². The highest BCUT2D eigenvalue weighted by atomic mass is 16.3. The third-order valence-electron chi connectivity index (χ3n) is 3.62. The third kappa shape index (κ3) is 4.54. The molecule has 0 aromatic heterocycles. The summed E-state index contributed by atoms with van der Waals surface area (Å²) in [5, 5.41) is 9.12. The number of rotatable bonds is 6. The van der Waals surface area contributed by atoms with Gasteiger partial charge in [-0.3, -0.25) is 4.79 Å². The largest absolute Gasteiger partial charge is 0.392 e. The Balaban J connectivity index is 1.97. The van der Waals surface area contributed by atoms with E-state index in [1.54, 1.807) is 0 Å². The molecule has 0 amide bonds. The van der Waals surface area contributed by atoms with Gasteiger partial charge in [0, 0.05) is 12.8 Å². The van der Waals surface area contributed by atoms with Crippen LogP contribution in [0, 0.1) is 0 Å². The van der Waals surface area contributed by atoms with Gasteiger partial charge in [0.15, 0.2) is 0 Å². The summed E-state index contributed by atoms with van der Waals surface area (Å²) >= 11 is 0. The third-order valence-corrected chi connectivity index (χ3v) is 3.62. The molecule has 0 heterocycles. The van der Waals surface area contributed by atoms with Crippen molar-refractivity contribution in [2.45, 2.75) is 39.2 Å². The Hall–Kier alpha value is -1.93. The molecule has 0 unspecified atom stereocenters. The molecule has 0 fully saturated rings. The predicted molar refractivity (Wildman–Crippen MR) is 85.3 cm³/mol. The Morgan fingerprint density at radius 1 is 0.952 bits per heavy atom. The van der Waals surface area contributed by atoms with Gasteiger partial charge in [-0.05, 0) is 28.2 Å². The maximum atomic E-state index is 12.1. The number of hydrogen-bond acceptors (Lipinski definition) is 2. The van der Waals surface area contributed by atoms with E-state index in [-0.39, 0.29) is 12.4 Å². The lowest BCUT2D eigenvalue weighted by Gasteiger charge is -2.07. The van der Waals surface area contributed by atoms with E-state index < -0.39 is 0 Å². The van der Waals surface area contributed by atoms with Crippen molar-refractivity contribution in [2.75, 3.05) is 0 Å². The van der Waals surface area contributed by atoms with Crippen LogP contribution >= 0.6 is 0 Å². The van der Waals surface area contributed by atoms with E-state index in [1.807, 2.05) is 36.4 Å². The van der Waals surface area contributed by atoms with Crippen LogP contribution in [0.5, 0.6) is 0 Å². The Morgan fingerprint density at radius 2 is 1.57 bits per heavy atom. The molecule has 0 aliphatic carbocycles. The highest BCUT2D eigenvalue weighted by molar-refractivity contribution is 5.83. The van der Waals surface area contributed by atoms with Gasteiger partial charge in [0.1, 0.15) is 5.78 Å². The molecule has 0 saturated heterocycles. The molecule has 21 heavy (non-hydrogen) atoms. The van der Waals surface area contributed by atoms with E-state index in [0.29, 0.717) is 18.8 Å². The molecular weight excluding hydrogens is 260 g/mol. The van der Waals surface area contributed by atoms with E-state index in [9.17, 15) is 4.79 Å². The van der Waals surface area contributed by atoms with Gasteiger partial charge >= 0.3 is 0 Å². The summed E-state index contributed by atoms with van der Waals surface area (Å²) in [6.45, 7) is 4.33. The van der Waals surface area contributed by atoms with E-state index >= 15 is 0 Å². The van der Waals surface area contributed by atoms with Gasteiger partial charge in [0.25, 0.3) is 0 Å². The number of Topliss-reactive ketones (excluding diaryl/α,β-unsaturated/α-hetero) is 1. The molecule has 0 spiro atoms. The van der Waals surface area contributed by atoms with Gasteiger partial charge < -0.3 is 5.11 Å². The molecule has 1 N–H and O–H groups in total. The van der Waals surface area contributed by atoms with Crippen molar-refractivity contribution in [1.29, 1.82) is 0 Å². The summed E-state index contributed by atoms with van der Waals surface area (Å²) in [6.07, 6.45) is 0.876. The van der Waals surface area contributed by atoms with Crippen molar-refractivity contribution >= 4 is 5.78 Å². The summed E-state index contributed by atoms with van der Waals surface area (Å²) in [7, 11) is 0. The molecule has 0 radical (unpaired) electrons. The Kier molecular flexibility index (Phi) is 5.29. The summed E-state index contributed by atoms with van der Waals surface area (Å²) in [4.78, 5) is 12.1. The first-order valence-electron chi connectivity index (χ1n) is 7.37. The molecule has 0 atom stereocenters. The number of ketones is 1. The first kappa shape index (κ1) is 15.5. The van der Waals surface area contributed by atoms with E-state index in [2.05, 4.69) is 26.0 Å². The second kappa shape index (κ2) is 7.19. The lowest BCUT2D eigenvalue weighted by atomic mass is 9.98. The van der Waals surface area contributed by atoms with Crippen LogP contribution in [0.3, 0.4) is 0 Å². The van der Waals surface area contributed by atoms with Crippen molar-refractivity contribution in [2.24, 2.45) is 0 Å². The van der Waals surface area contributed by atoms with Gasteiger partial charge in [-0.15, -0.1) is 0 Å². The topological polar surface area (TPSA) is 37.3 Å². The van der Waals surface area contributed by atoms with Crippen molar-refractivity contribution in [1.82, 2.24) is 0 Å². The van der Waals surface area contributed by atoms with Crippen LogP contribution in [-0.4, -0.2) is 10.9 Å². The van der Waals surface area contributed by atoms with Crippen LogP contribution in [0.15, 0.2) is 48.5 Å². The molecule has 0 bridgehead atoms. The van der Waals surface area contributed by atoms with E-state index in [1.165, 1.54) is 5.56 Å². The average molecular weight is 282 g/mol. The molecule has 2 aromatic rings. The van der Waals surface area contributed by atoms with Crippen LogP contribution in [0.1, 0.15) is 42.0 Å². The average Bonchev–Trinajstić information content (AvgIpc) is 2.47. The van der Waals surface area contributed by atoms with Crippen molar-refractivity contribution in [3.05, 3.63) is 70.8 Å². The molecule has 2 aromatic carbocycles. The van der Waals surface area contributed by atoms with Gasteiger partial charge in [-0.2, -0.15) is 0 Å². The highest BCUT2D eigenvalue weighted by Gasteiger charge is 2.07. The molecule has 110 valence electrons. The van der Waals surface area contributed by atoms with Crippen molar-refractivity contribution < 1.29 is 9.90 Å². The fourth-order valence-electron chi connectivity index (χ4n) is 2.38. The molecule has 2 nitrogen and oxygen atoms in total. The van der Waals surface area contributed by atoms with Crippen LogP contribution in [0.4, 0.5) is 0 Å². The predicted octanol–water partition coefficient (Wildman–Crippen LogP) is 3.66. The number of carbonyl (C=O) groups excluding carboxylic acids is 1. The van der Waals surface area contributed by atoms with Gasteiger partial charge in [-0.25, -0.2) is 0 Å². The smallest absolute Gasteiger partial charge is 0.141 e. The SMILES string of the molecule is CC(C)c1ccc(CC(=O)Cc2cccc(CO)c2)cc1. The zero-order valence-corrected chi connectivity index (χ0v) is 12.7. The molecular formula is C19H22O2. The summed E-state index contributed by atoms with van der Waals surface area (Å²) in [5.41, 5.74) is 4.16. The second-order valence-corrected chi connectivity index (χ2v) is 5.77. The minimum atomic E-state index is 0.0126. The Bertz CT molecular complexity index is 597. The second-order valence-electron chi connectivity index (χ2n) is 5.77. The first-order valence-corrected chi connectivity index (χ1v) is 7.37. The number of benzene rings is 2. The number of hydrogen-bond donors (Lipinski definition) is 1. The van der Waals surface area contributed by atoms with E-state index in [0.717, 1.165) is 16.7 Å². The lowest BCUT2D eigenvalue weighted by molar-refractivity contribution is -0.117. The van der Waals surface area contributed by atoms with Gasteiger partial charge in [0.2, 0.25) is 0 Å². The Labute approximate surface area is 126 Å². The van der Waals surface area contributed by atoms with Gasteiger partial charge in [0.05, 0.1) is 6.61 Å². The first-order chi connectivity index (χ1) is 10.1. The van der Waals surface area contributed by atoms with Crippen LogP contribution < -0.4 is 0 Å². The van der Waals surface area contributed by atoms with Crippen molar-refractivity contribution in [3.8, 4) is 0 Å². The number of aliphatic hydroxyl groups is 1. The molecule has 0 saturated carbocycles. The maximum absolute atomic E-state index is 12.1. The minimum Gasteiger partial charge on any atom is -0.392 e. The fourth-order valence-corrected chi connectivity index (χ4v) is 2.38. The van der Waals surface area contributed by atoms with Crippen LogP contribution in [-0.2, 0) is 24.2 Å². The van der Waals surface area contributed by atoms with Crippen LogP contribution in [0.25, 0.3) is 0 Å². The highest BCUT2D eigenvalue weighted by Crippen LogP contribution is 2.15. The number of aliphatic hydroxyl groups excluding tert-OH is 1. The zero-order chi connectivity index (χ0) is 15.2. The molecule has 0 aliphatic heterocycles. The summed E-state index contributed by atoms with van der Waals surface area (Å²) in [6, 6.07) is 15.8. The Morgan fingerprint density at radius 3 is 2.19 bits per heavy atom. The number of carbonyl (C=O) groups is 1. The minimum absolute atomic E-state index is 0.0126. The summed E-state index contributed by atoms with van der Waals surface area (Å²) in [5.74, 6) is 0.707. The quantitative estimate of drug-likeness (QED) is 0.878.